The number of benzene rings is 1. The fraction of sp³-hybridized carbons (Fsp3) is 0.571. The number of ether oxygens (including phenoxy) is 2. The van der Waals surface area contributed by atoms with Crippen molar-refractivity contribution >= 4 is 17.5 Å². The van der Waals surface area contributed by atoms with Crippen molar-refractivity contribution in [2.75, 3.05) is 13.2 Å². The normalized spacial score (nSPS) is 30.9. The molecule has 4 rings (SSSR count). The van der Waals surface area contributed by atoms with E-state index in [0.717, 1.165) is 43.2 Å². The molecule has 1 saturated carbocycles. The van der Waals surface area contributed by atoms with Crippen LogP contribution in [0.3, 0.4) is 0 Å². The highest BCUT2D eigenvalue weighted by Crippen LogP contribution is 2.52. The summed E-state index contributed by atoms with van der Waals surface area (Å²) in [6.45, 7) is 6.64. The predicted molar refractivity (Wildman–Crippen MR) is 129 cm³/mol. The maximum atomic E-state index is 13.6. The third-order valence-corrected chi connectivity index (χ3v) is 7.96. The van der Waals surface area contributed by atoms with Gasteiger partial charge in [0.2, 0.25) is 0 Å². The summed E-state index contributed by atoms with van der Waals surface area (Å²) in [5.74, 6) is 0.765. The molecule has 2 heterocycles. The molecule has 1 aromatic carbocycles. The summed E-state index contributed by atoms with van der Waals surface area (Å²) >= 11 is 0. The molecule has 0 bridgehead atoms. The molecule has 0 amide bonds. The first-order chi connectivity index (χ1) is 16.4. The van der Waals surface area contributed by atoms with E-state index in [1.165, 1.54) is 18.7 Å². The van der Waals surface area contributed by atoms with Crippen LogP contribution < -0.4 is 5.32 Å². The average Bonchev–Trinajstić information content (AvgIpc) is 3.32. The molecule has 2 aliphatic heterocycles. The third-order valence-electron chi connectivity index (χ3n) is 7.96. The van der Waals surface area contributed by atoms with Crippen molar-refractivity contribution in [3.8, 4) is 0 Å². The van der Waals surface area contributed by atoms with Crippen LogP contribution in [0.25, 0.3) is 5.57 Å². The maximum Gasteiger partial charge on any atom is 0.309 e. The lowest BCUT2D eigenvalue weighted by atomic mass is 9.69. The second-order valence-electron chi connectivity index (χ2n) is 9.99. The highest BCUT2D eigenvalue weighted by atomic mass is 19.1. The van der Waals surface area contributed by atoms with Gasteiger partial charge in [0.05, 0.1) is 12.5 Å². The molecule has 1 N–H and O–H groups in total. The summed E-state index contributed by atoms with van der Waals surface area (Å²) in [5, 5.41) is 3.55. The first-order valence-electron chi connectivity index (χ1n) is 12.6. The Hall–Kier alpha value is -2.63. The minimum Gasteiger partial charge on any atom is -0.466 e. The molecule has 6 atom stereocenters. The Bertz CT molecular complexity index is 971. The second kappa shape index (κ2) is 10.7. The van der Waals surface area contributed by atoms with Crippen molar-refractivity contribution in [2.24, 2.45) is 29.6 Å². The van der Waals surface area contributed by atoms with Crippen molar-refractivity contribution in [1.29, 1.82) is 0 Å². The number of hydrogen-bond donors (Lipinski definition) is 1. The van der Waals surface area contributed by atoms with Crippen LogP contribution >= 0.6 is 0 Å². The highest BCUT2D eigenvalue weighted by Gasteiger charge is 2.51. The zero-order valence-electron chi connectivity index (χ0n) is 20.4. The molecule has 1 aliphatic carbocycles. The van der Waals surface area contributed by atoms with Gasteiger partial charge in [-0.25, -0.2) is 4.39 Å². The van der Waals surface area contributed by atoms with Crippen LogP contribution in [0.1, 0.15) is 58.4 Å². The zero-order chi connectivity index (χ0) is 24.2. The highest BCUT2D eigenvalue weighted by molar-refractivity contribution is 5.75. The predicted octanol–water partition coefficient (Wildman–Crippen LogP) is 5.27. The van der Waals surface area contributed by atoms with Crippen molar-refractivity contribution in [2.45, 2.75) is 59.0 Å². The molecule has 184 valence electrons. The van der Waals surface area contributed by atoms with Gasteiger partial charge in [0.15, 0.2) is 0 Å². The number of hydrogen-bond acceptors (Lipinski definition) is 5. The Morgan fingerprint density at radius 2 is 2.00 bits per heavy atom. The number of cyclic esters (lactones) is 1. The first kappa shape index (κ1) is 24.5. The van der Waals surface area contributed by atoms with Crippen molar-refractivity contribution in [3.63, 3.8) is 0 Å². The molecular formula is C28H36FNO4. The van der Waals surface area contributed by atoms with E-state index in [4.69, 9.17) is 9.47 Å². The third kappa shape index (κ3) is 5.37. The van der Waals surface area contributed by atoms with Crippen LogP contribution in [0.15, 0.2) is 42.1 Å². The molecule has 6 heteroatoms. The van der Waals surface area contributed by atoms with Gasteiger partial charge < -0.3 is 14.8 Å². The molecule has 5 nitrogen and oxygen atoms in total. The van der Waals surface area contributed by atoms with Crippen LogP contribution in [-0.2, 0) is 19.1 Å². The second-order valence-corrected chi connectivity index (χ2v) is 9.99. The molecule has 0 radical (unpaired) electrons. The van der Waals surface area contributed by atoms with E-state index < -0.39 is 0 Å². The van der Waals surface area contributed by atoms with E-state index in [9.17, 15) is 14.0 Å². The van der Waals surface area contributed by atoms with Crippen LogP contribution in [-0.4, -0.2) is 31.2 Å². The monoisotopic (exact) mass is 469 g/mol. The molecular weight excluding hydrogens is 433 g/mol. The molecule has 0 spiro atoms. The van der Waals surface area contributed by atoms with Gasteiger partial charge in [-0.1, -0.05) is 25.1 Å². The smallest absolute Gasteiger partial charge is 0.309 e. The first-order valence-corrected chi connectivity index (χ1v) is 12.6. The summed E-state index contributed by atoms with van der Waals surface area (Å²) in [6.07, 6.45) is 8.79. The molecule has 2 fully saturated rings. The quantitative estimate of drug-likeness (QED) is 0.526. The van der Waals surface area contributed by atoms with Gasteiger partial charge in [0, 0.05) is 25.1 Å². The van der Waals surface area contributed by atoms with Gasteiger partial charge >= 0.3 is 11.9 Å². The number of allylic oxidation sites excluding steroid dienone is 3. The molecule has 3 aliphatic rings. The van der Waals surface area contributed by atoms with E-state index in [2.05, 4.69) is 24.4 Å². The standard InChI is InChI=1S/C28H36FNO4/c1-4-25-26(17(2)34-28(25)32)27-19(12-13-33-18(3)31)8-9-21(27)15-24-11-10-22(16-30-24)20-6-5-7-23(29)14-20/h5-7,10-11,14,17,19,21,25-27,30H,4,8-9,12-13,15-16H2,1-3H3/t17-,19?,21?,25-,26-,27-/m1/s1. The van der Waals surface area contributed by atoms with Crippen molar-refractivity contribution < 1.29 is 23.5 Å². The van der Waals surface area contributed by atoms with Gasteiger partial charge in [-0.3, -0.25) is 9.59 Å². The largest absolute Gasteiger partial charge is 0.466 e. The van der Waals surface area contributed by atoms with E-state index in [1.807, 2.05) is 13.0 Å². The van der Waals surface area contributed by atoms with Crippen molar-refractivity contribution in [3.05, 3.63) is 53.5 Å². The average molecular weight is 470 g/mol. The van der Waals surface area contributed by atoms with Gasteiger partial charge in [-0.05, 0) is 86.1 Å². The lowest BCUT2D eigenvalue weighted by Gasteiger charge is -2.34. The summed E-state index contributed by atoms with van der Waals surface area (Å²) < 4.78 is 24.6. The topological polar surface area (TPSA) is 64.6 Å². The fourth-order valence-electron chi connectivity index (χ4n) is 6.45. The summed E-state index contributed by atoms with van der Waals surface area (Å²) in [6, 6.07) is 6.69. The molecule has 1 aromatic rings. The van der Waals surface area contributed by atoms with Gasteiger partial charge in [0.25, 0.3) is 0 Å². The number of carbonyl (C=O) groups excluding carboxylic acids is 2. The lowest BCUT2D eigenvalue weighted by Crippen LogP contribution is -2.35. The van der Waals surface area contributed by atoms with E-state index in [1.54, 1.807) is 12.1 Å². The van der Waals surface area contributed by atoms with E-state index >= 15 is 0 Å². The number of nitrogens with one attached hydrogen (secondary N) is 1. The lowest BCUT2D eigenvalue weighted by molar-refractivity contribution is -0.144. The van der Waals surface area contributed by atoms with Crippen molar-refractivity contribution in [1.82, 2.24) is 5.32 Å². The number of halogens is 1. The molecule has 34 heavy (non-hydrogen) atoms. The Labute approximate surface area is 201 Å². The summed E-state index contributed by atoms with van der Waals surface area (Å²) in [5.41, 5.74) is 3.15. The van der Waals surface area contributed by atoms with Gasteiger partial charge in [-0.2, -0.15) is 0 Å². The number of esters is 2. The molecule has 0 aromatic heterocycles. The Balaban J connectivity index is 1.51. The summed E-state index contributed by atoms with van der Waals surface area (Å²) in [4.78, 5) is 23.8. The van der Waals surface area contributed by atoms with Gasteiger partial charge in [0.1, 0.15) is 11.9 Å². The number of dihydropyridines is 1. The number of rotatable bonds is 8. The molecule has 2 unspecified atom stereocenters. The fourth-order valence-corrected chi connectivity index (χ4v) is 6.45. The van der Waals surface area contributed by atoms with Crippen LogP contribution in [0.4, 0.5) is 4.39 Å². The number of carbonyl (C=O) groups is 2. The minimum atomic E-state index is -0.247. The van der Waals surface area contributed by atoms with Gasteiger partial charge in [-0.15, -0.1) is 0 Å². The minimum absolute atomic E-state index is 0.0652. The van der Waals surface area contributed by atoms with E-state index in [0.29, 0.717) is 30.9 Å². The Kier molecular flexibility index (Phi) is 7.74. The zero-order valence-corrected chi connectivity index (χ0v) is 20.4. The maximum absolute atomic E-state index is 13.6. The SMILES string of the molecule is CC[C@H]1C(=O)O[C@H](C)[C@H]1[C@@H]1C(CCOC(C)=O)CCC1CC1=CC=C(c2cccc(F)c2)CN1. The van der Waals surface area contributed by atoms with Crippen LogP contribution in [0, 0.1) is 35.4 Å². The summed E-state index contributed by atoms with van der Waals surface area (Å²) in [7, 11) is 0. The Morgan fingerprint density at radius 3 is 2.68 bits per heavy atom. The Morgan fingerprint density at radius 1 is 1.21 bits per heavy atom. The van der Waals surface area contributed by atoms with Crippen LogP contribution in [0.2, 0.25) is 0 Å². The van der Waals surface area contributed by atoms with E-state index in [-0.39, 0.29) is 35.7 Å². The molecule has 1 saturated heterocycles. The van der Waals surface area contributed by atoms with Crippen LogP contribution in [0.5, 0.6) is 0 Å².